The third-order valence-electron chi connectivity index (χ3n) is 4.08. The Morgan fingerprint density at radius 3 is 2.43 bits per heavy atom. The summed E-state index contributed by atoms with van der Waals surface area (Å²) >= 11 is 0. The van der Waals surface area contributed by atoms with Crippen molar-refractivity contribution < 1.29 is 14.6 Å². The number of non-ortho nitro benzene ring substituents is 1. The Labute approximate surface area is 130 Å². The van der Waals surface area contributed by atoms with Crippen molar-refractivity contribution in [2.45, 2.75) is 18.8 Å². The predicted octanol–water partition coefficient (Wildman–Crippen LogP) is 1.35. The van der Waals surface area contributed by atoms with Crippen molar-refractivity contribution >= 4 is 11.6 Å². The molecule has 1 atom stereocenters. The van der Waals surface area contributed by atoms with E-state index in [1.807, 2.05) is 0 Å². The van der Waals surface area contributed by atoms with Gasteiger partial charge < -0.3 is 5.32 Å². The summed E-state index contributed by atoms with van der Waals surface area (Å²) in [5.41, 5.74) is 0.372. The van der Waals surface area contributed by atoms with Crippen LogP contribution in [0.5, 0.6) is 0 Å². The first-order valence-electron chi connectivity index (χ1n) is 7.16. The Hall–Kier alpha value is -2.97. The number of amides is 1. The van der Waals surface area contributed by atoms with Gasteiger partial charge in [0.2, 0.25) is 5.91 Å². The van der Waals surface area contributed by atoms with Gasteiger partial charge in [-0.1, -0.05) is 12.1 Å². The zero-order valence-electron chi connectivity index (χ0n) is 12.1. The minimum absolute atomic E-state index is 0.0146. The maximum absolute atomic E-state index is 12.3. The highest BCUT2D eigenvalue weighted by molar-refractivity contribution is 5.81. The molecule has 9 heteroatoms. The largest absolute Gasteiger partial charge is 0.366 e. The predicted molar refractivity (Wildman–Crippen MR) is 78.8 cm³/mol. The molecule has 1 amide bonds. The van der Waals surface area contributed by atoms with E-state index >= 15 is 0 Å². The number of nitro benzene ring substituents is 1. The number of benzene rings is 1. The normalized spacial score (nSPS) is 20.8. The van der Waals surface area contributed by atoms with Crippen LogP contribution in [0.15, 0.2) is 35.8 Å². The van der Waals surface area contributed by atoms with Gasteiger partial charge in [-0.3, -0.25) is 29.9 Å². The molecule has 120 valence electrons. The van der Waals surface area contributed by atoms with E-state index in [9.17, 15) is 25.0 Å². The molecule has 1 saturated heterocycles. The van der Waals surface area contributed by atoms with Gasteiger partial charge in [-0.2, -0.15) is 0 Å². The fraction of sp³-hybridized carbons (Fsp3) is 0.357. The monoisotopic (exact) mass is 318 g/mol. The lowest BCUT2D eigenvalue weighted by molar-refractivity contribution is -0.433. The molecule has 23 heavy (non-hydrogen) atoms. The van der Waals surface area contributed by atoms with E-state index in [0.717, 1.165) is 6.42 Å². The number of hydrogen-bond acceptors (Lipinski definition) is 6. The summed E-state index contributed by atoms with van der Waals surface area (Å²) in [7, 11) is 0. The number of allylic oxidation sites excluding steroid dienone is 1. The number of carbonyl (C=O) groups excluding carboxylic acids is 1. The van der Waals surface area contributed by atoms with Gasteiger partial charge in [0.1, 0.15) is 0 Å². The molecule has 3 rings (SSSR count). The molecule has 0 radical (unpaired) electrons. The number of fused-ring (bicyclic) bond motifs is 1. The first kappa shape index (κ1) is 14.9. The van der Waals surface area contributed by atoms with E-state index in [4.69, 9.17) is 0 Å². The molecule has 0 aromatic heterocycles. The van der Waals surface area contributed by atoms with Crippen molar-refractivity contribution in [2.24, 2.45) is 0 Å². The molecule has 2 heterocycles. The van der Waals surface area contributed by atoms with E-state index in [-0.39, 0.29) is 29.5 Å². The molecule has 0 bridgehead atoms. The van der Waals surface area contributed by atoms with Crippen LogP contribution in [0.4, 0.5) is 5.69 Å². The Kier molecular flexibility index (Phi) is 3.68. The van der Waals surface area contributed by atoms with Gasteiger partial charge in [0.25, 0.3) is 11.4 Å². The van der Waals surface area contributed by atoms with E-state index in [1.165, 1.54) is 29.2 Å². The molecular formula is C14H14N4O5. The SMILES string of the molecule is O=C1CC(c2ccc([N+](=O)[O-])cc2)C([N+](=O)[O-])=C2NCCCN12. The van der Waals surface area contributed by atoms with Gasteiger partial charge in [0.05, 0.1) is 15.8 Å². The molecule has 1 N–H and O–H groups in total. The highest BCUT2D eigenvalue weighted by atomic mass is 16.6. The Balaban J connectivity index is 2.04. The summed E-state index contributed by atoms with van der Waals surface area (Å²) < 4.78 is 0. The van der Waals surface area contributed by atoms with Crippen LogP contribution in [0.1, 0.15) is 24.3 Å². The van der Waals surface area contributed by atoms with Gasteiger partial charge in [0, 0.05) is 31.6 Å². The van der Waals surface area contributed by atoms with Crippen LogP contribution in [0.25, 0.3) is 0 Å². The van der Waals surface area contributed by atoms with E-state index in [2.05, 4.69) is 5.32 Å². The number of rotatable bonds is 3. The van der Waals surface area contributed by atoms with Crippen LogP contribution in [0, 0.1) is 20.2 Å². The van der Waals surface area contributed by atoms with Crippen molar-refractivity contribution in [1.82, 2.24) is 10.2 Å². The fourth-order valence-corrected chi connectivity index (χ4v) is 2.99. The lowest BCUT2D eigenvalue weighted by Gasteiger charge is -2.35. The van der Waals surface area contributed by atoms with Crippen LogP contribution in [0.3, 0.4) is 0 Å². The topological polar surface area (TPSA) is 119 Å². The molecule has 1 fully saturated rings. The lowest BCUT2D eigenvalue weighted by atomic mass is 9.88. The van der Waals surface area contributed by atoms with Gasteiger partial charge in [-0.05, 0) is 12.0 Å². The third kappa shape index (κ3) is 2.60. The van der Waals surface area contributed by atoms with E-state index in [1.54, 1.807) is 0 Å². The minimum Gasteiger partial charge on any atom is -0.366 e. The molecule has 1 aromatic rings. The van der Waals surface area contributed by atoms with Crippen molar-refractivity contribution in [3.05, 3.63) is 61.6 Å². The van der Waals surface area contributed by atoms with Crippen LogP contribution in [-0.2, 0) is 4.79 Å². The third-order valence-corrected chi connectivity index (χ3v) is 4.08. The van der Waals surface area contributed by atoms with Crippen molar-refractivity contribution in [3.63, 3.8) is 0 Å². The van der Waals surface area contributed by atoms with Gasteiger partial charge >= 0.3 is 0 Å². The average molecular weight is 318 g/mol. The average Bonchev–Trinajstić information content (AvgIpc) is 2.54. The first-order valence-corrected chi connectivity index (χ1v) is 7.16. The highest BCUT2D eigenvalue weighted by Crippen LogP contribution is 2.37. The highest BCUT2D eigenvalue weighted by Gasteiger charge is 2.42. The molecule has 0 spiro atoms. The molecule has 9 nitrogen and oxygen atoms in total. The summed E-state index contributed by atoms with van der Waals surface area (Å²) in [6.45, 7) is 1.04. The Morgan fingerprint density at radius 1 is 1.13 bits per heavy atom. The Morgan fingerprint density at radius 2 is 1.83 bits per heavy atom. The van der Waals surface area contributed by atoms with Gasteiger partial charge in [0.15, 0.2) is 5.82 Å². The summed E-state index contributed by atoms with van der Waals surface area (Å²) in [5, 5.41) is 25.2. The standard InChI is InChI=1S/C14H14N4O5/c19-12-8-11(9-2-4-10(5-3-9)17(20)21)13(18(22)23)14-15-6-1-7-16(12)14/h2-5,11,15H,1,6-8H2. The lowest BCUT2D eigenvalue weighted by Crippen LogP contribution is -2.48. The maximum Gasteiger partial charge on any atom is 0.294 e. The fourth-order valence-electron chi connectivity index (χ4n) is 2.99. The number of nitro groups is 2. The molecule has 0 aliphatic carbocycles. The number of nitrogens with zero attached hydrogens (tertiary/aromatic N) is 3. The van der Waals surface area contributed by atoms with Crippen LogP contribution in [-0.4, -0.2) is 33.7 Å². The number of carbonyl (C=O) groups is 1. The molecule has 2 aliphatic heterocycles. The van der Waals surface area contributed by atoms with Crippen molar-refractivity contribution in [1.29, 1.82) is 0 Å². The van der Waals surface area contributed by atoms with Crippen molar-refractivity contribution in [3.8, 4) is 0 Å². The molecule has 2 aliphatic rings. The molecule has 0 saturated carbocycles. The Bertz CT molecular complexity index is 712. The van der Waals surface area contributed by atoms with Crippen LogP contribution < -0.4 is 5.32 Å². The minimum atomic E-state index is -0.713. The second-order valence-electron chi connectivity index (χ2n) is 5.42. The number of hydrogen-bond donors (Lipinski definition) is 1. The zero-order valence-corrected chi connectivity index (χ0v) is 12.1. The summed E-state index contributed by atoms with van der Waals surface area (Å²) in [5.74, 6) is -0.642. The van der Waals surface area contributed by atoms with Gasteiger partial charge in [-0.25, -0.2) is 0 Å². The summed E-state index contributed by atoms with van der Waals surface area (Å²) in [6, 6.07) is 5.53. The van der Waals surface area contributed by atoms with Gasteiger partial charge in [-0.15, -0.1) is 0 Å². The quantitative estimate of drug-likeness (QED) is 0.663. The van der Waals surface area contributed by atoms with E-state index < -0.39 is 15.8 Å². The number of nitrogens with one attached hydrogen (secondary N) is 1. The van der Waals surface area contributed by atoms with Crippen LogP contribution >= 0.6 is 0 Å². The second-order valence-corrected chi connectivity index (χ2v) is 5.42. The van der Waals surface area contributed by atoms with E-state index in [0.29, 0.717) is 18.7 Å². The first-order chi connectivity index (χ1) is 11.0. The molecule has 1 unspecified atom stereocenters. The smallest absolute Gasteiger partial charge is 0.294 e. The maximum atomic E-state index is 12.3. The van der Waals surface area contributed by atoms with Crippen molar-refractivity contribution in [2.75, 3.05) is 13.1 Å². The summed E-state index contributed by atoms with van der Waals surface area (Å²) in [4.78, 5) is 34.9. The zero-order chi connectivity index (χ0) is 16.6. The summed E-state index contributed by atoms with van der Waals surface area (Å²) in [6.07, 6.45) is 0.724. The second kappa shape index (κ2) is 5.67. The van der Waals surface area contributed by atoms with Crippen LogP contribution in [0.2, 0.25) is 0 Å². The molecular weight excluding hydrogens is 304 g/mol. The molecule has 1 aromatic carbocycles.